The van der Waals surface area contributed by atoms with Gasteiger partial charge in [-0.1, -0.05) is 74.5 Å². The minimum atomic E-state index is -0.286. The van der Waals surface area contributed by atoms with E-state index in [-0.39, 0.29) is 5.41 Å². The number of nitrogens with zero attached hydrogens (tertiary/aromatic N) is 2. The van der Waals surface area contributed by atoms with Crippen LogP contribution < -0.4 is 0 Å². The standard InChI is InChI=1S/C33H28N2O/c1-22-18-30-31(32(35-22)33(2,3)26-12-8-5-9-13-26)27-21-25(14-15-29(27)36-30)28-20-24(16-17-34-28)19-23-10-6-4-7-11-23/h4-18,20-21H,19H2,1-3H3. The summed E-state index contributed by atoms with van der Waals surface area (Å²) in [6.07, 6.45) is 2.78. The van der Waals surface area contributed by atoms with Crippen molar-refractivity contribution in [3.8, 4) is 11.3 Å². The minimum absolute atomic E-state index is 0.286. The Morgan fingerprint density at radius 3 is 2.28 bits per heavy atom. The molecule has 0 N–H and O–H groups in total. The van der Waals surface area contributed by atoms with E-state index in [1.165, 1.54) is 16.7 Å². The van der Waals surface area contributed by atoms with Gasteiger partial charge < -0.3 is 4.42 Å². The summed E-state index contributed by atoms with van der Waals surface area (Å²) in [5.74, 6) is 0. The Balaban J connectivity index is 1.49. The van der Waals surface area contributed by atoms with E-state index in [9.17, 15) is 0 Å². The average Bonchev–Trinajstić information content (AvgIpc) is 3.26. The van der Waals surface area contributed by atoms with Crippen molar-refractivity contribution in [2.24, 2.45) is 0 Å². The number of hydrogen-bond acceptors (Lipinski definition) is 3. The molecule has 0 saturated heterocycles. The van der Waals surface area contributed by atoms with Gasteiger partial charge in [-0.05, 0) is 60.4 Å². The van der Waals surface area contributed by atoms with Gasteiger partial charge in [0, 0.05) is 34.3 Å². The highest BCUT2D eigenvalue weighted by Crippen LogP contribution is 2.40. The van der Waals surface area contributed by atoms with Gasteiger partial charge in [-0.15, -0.1) is 0 Å². The second-order valence-corrected chi connectivity index (χ2v) is 10.0. The quantitative estimate of drug-likeness (QED) is 0.256. The van der Waals surface area contributed by atoms with Crippen LogP contribution in [0.25, 0.3) is 33.2 Å². The van der Waals surface area contributed by atoms with Crippen LogP contribution in [0.1, 0.15) is 41.9 Å². The van der Waals surface area contributed by atoms with Crippen LogP contribution in [0.4, 0.5) is 0 Å². The normalized spacial score (nSPS) is 11.9. The third kappa shape index (κ3) is 3.97. The molecule has 0 bridgehead atoms. The first-order valence-electron chi connectivity index (χ1n) is 12.4. The lowest BCUT2D eigenvalue weighted by atomic mass is 9.79. The lowest BCUT2D eigenvalue weighted by molar-refractivity contribution is 0.618. The summed E-state index contributed by atoms with van der Waals surface area (Å²) in [6, 6.07) is 33.8. The van der Waals surface area contributed by atoms with Crippen LogP contribution in [0.15, 0.2) is 108 Å². The Bertz CT molecular complexity index is 1680. The van der Waals surface area contributed by atoms with Gasteiger partial charge in [-0.25, -0.2) is 0 Å². The molecule has 0 saturated carbocycles. The van der Waals surface area contributed by atoms with Crippen LogP contribution in [0.2, 0.25) is 0 Å². The van der Waals surface area contributed by atoms with Crippen LogP contribution in [0.3, 0.4) is 0 Å². The van der Waals surface area contributed by atoms with E-state index in [0.29, 0.717) is 0 Å². The van der Waals surface area contributed by atoms with Gasteiger partial charge in [-0.2, -0.15) is 0 Å². The Morgan fingerprint density at radius 1 is 0.750 bits per heavy atom. The zero-order valence-electron chi connectivity index (χ0n) is 20.8. The number of pyridine rings is 2. The van der Waals surface area contributed by atoms with E-state index in [0.717, 1.165) is 51.0 Å². The number of rotatable bonds is 5. The van der Waals surface area contributed by atoms with E-state index in [1.54, 1.807) is 0 Å². The molecule has 0 aliphatic carbocycles. The summed E-state index contributed by atoms with van der Waals surface area (Å²) in [7, 11) is 0. The first-order valence-corrected chi connectivity index (χ1v) is 12.4. The zero-order valence-corrected chi connectivity index (χ0v) is 20.8. The van der Waals surface area contributed by atoms with Crippen molar-refractivity contribution in [2.75, 3.05) is 0 Å². The molecule has 3 aromatic carbocycles. The van der Waals surface area contributed by atoms with Crippen molar-refractivity contribution in [2.45, 2.75) is 32.6 Å². The van der Waals surface area contributed by atoms with Crippen LogP contribution in [-0.4, -0.2) is 9.97 Å². The van der Waals surface area contributed by atoms with E-state index in [1.807, 2.05) is 19.2 Å². The summed E-state index contributed by atoms with van der Waals surface area (Å²) >= 11 is 0. The highest BCUT2D eigenvalue weighted by Gasteiger charge is 2.29. The second-order valence-electron chi connectivity index (χ2n) is 10.0. The summed E-state index contributed by atoms with van der Waals surface area (Å²) < 4.78 is 6.34. The highest BCUT2D eigenvalue weighted by molar-refractivity contribution is 6.08. The molecule has 0 fully saturated rings. The number of aromatic nitrogens is 2. The summed E-state index contributed by atoms with van der Waals surface area (Å²) in [5, 5.41) is 2.15. The molecule has 3 aromatic heterocycles. The molecule has 3 nitrogen and oxygen atoms in total. The molecule has 0 aliphatic heterocycles. The minimum Gasteiger partial charge on any atom is -0.456 e. The topological polar surface area (TPSA) is 38.9 Å². The molecule has 0 radical (unpaired) electrons. The molecule has 3 heterocycles. The van der Waals surface area contributed by atoms with Crippen LogP contribution in [-0.2, 0) is 11.8 Å². The lowest BCUT2D eigenvalue weighted by Crippen LogP contribution is -2.21. The van der Waals surface area contributed by atoms with Gasteiger partial charge in [0.1, 0.15) is 11.2 Å². The van der Waals surface area contributed by atoms with Crippen molar-refractivity contribution >= 4 is 21.9 Å². The van der Waals surface area contributed by atoms with Gasteiger partial charge in [0.05, 0.1) is 16.8 Å². The molecule has 0 amide bonds. The predicted octanol–water partition coefficient (Wildman–Crippen LogP) is 8.27. The molecule has 6 aromatic rings. The van der Waals surface area contributed by atoms with E-state index >= 15 is 0 Å². The Kier molecular flexibility index (Phi) is 5.41. The molecule has 176 valence electrons. The molecule has 36 heavy (non-hydrogen) atoms. The second kappa shape index (κ2) is 8.76. The number of hydrogen-bond donors (Lipinski definition) is 0. The van der Waals surface area contributed by atoms with Crippen LogP contribution >= 0.6 is 0 Å². The maximum Gasteiger partial charge on any atom is 0.139 e. The molecule has 3 heteroatoms. The molecular formula is C33H28N2O. The fourth-order valence-electron chi connectivity index (χ4n) is 5.09. The lowest BCUT2D eigenvalue weighted by Gasteiger charge is -2.26. The zero-order chi connectivity index (χ0) is 24.7. The third-order valence-electron chi connectivity index (χ3n) is 7.04. The summed E-state index contributed by atoms with van der Waals surface area (Å²) in [4.78, 5) is 9.77. The largest absolute Gasteiger partial charge is 0.456 e. The van der Waals surface area contributed by atoms with Gasteiger partial charge in [0.15, 0.2) is 0 Å². The molecule has 6 rings (SSSR count). The van der Waals surface area contributed by atoms with Crippen molar-refractivity contribution in [3.63, 3.8) is 0 Å². The molecule has 0 aliphatic rings. The maximum absolute atomic E-state index is 6.34. The van der Waals surface area contributed by atoms with E-state index in [4.69, 9.17) is 14.4 Å². The number of fused-ring (bicyclic) bond motifs is 3. The summed E-state index contributed by atoms with van der Waals surface area (Å²) in [6.45, 7) is 6.51. The van der Waals surface area contributed by atoms with E-state index in [2.05, 4.69) is 105 Å². The Hall–Kier alpha value is -4.24. The third-order valence-corrected chi connectivity index (χ3v) is 7.04. The predicted molar refractivity (Wildman–Crippen MR) is 147 cm³/mol. The van der Waals surface area contributed by atoms with Crippen LogP contribution in [0, 0.1) is 6.92 Å². The monoisotopic (exact) mass is 468 g/mol. The fourth-order valence-corrected chi connectivity index (χ4v) is 5.09. The number of benzene rings is 3. The Labute approximate surface area is 211 Å². The van der Waals surface area contributed by atoms with Crippen molar-refractivity contribution in [3.05, 3.63) is 131 Å². The molecule has 0 unspecified atom stereocenters. The van der Waals surface area contributed by atoms with Crippen molar-refractivity contribution in [1.82, 2.24) is 9.97 Å². The molecular weight excluding hydrogens is 440 g/mol. The number of aryl methyl sites for hydroxylation is 1. The van der Waals surface area contributed by atoms with Crippen LogP contribution in [0.5, 0.6) is 0 Å². The van der Waals surface area contributed by atoms with Gasteiger partial charge in [-0.3, -0.25) is 9.97 Å². The number of furan rings is 1. The van der Waals surface area contributed by atoms with Gasteiger partial charge >= 0.3 is 0 Å². The SMILES string of the molecule is Cc1cc2oc3ccc(-c4cc(Cc5ccccc5)ccn4)cc3c2c(C(C)(C)c2ccccc2)n1. The molecule has 0 atom stereocenters. The van der Waals surface area contributed by atoms with Crippen molar-refractivity contribution in [1.29, 1.82) is 0 Å². The van der Waals surface area contributed by atoms with Gasteiger partial charge in [0.25, 0.3) is 0 Å². The highest BCUT2D eigenvalue weighted by atomic mass is 16.3. The average molecular weight is 469 g/mol. The van der Waals surface area contributed by atoms with Crippen molar-refractivity contribution < 1.29 is 4.42 Å². The summed E-state index contributed by atoms with van der Waals surface area (Å²) in [5.41, 5.74) is 9.24. The van der Waals surface area contributed by atoms with Gasteiger partial charge in [0.2, 0.25) is 0 Å². The van der Waals surface area contributed by atoms with E-state index < -0.39 is 0 Å². The first kappa shape index (κ1) is 22.2. The Morgan fingerprint density at radius 2 is 1.50 bits per heavy atom. The first-order chi connectivity index (χ1) is 17.5. The smallest absolute Gasteiger partial charge is 0.139 e. The fraction of sp³-hybridized carbons (Fsp3) is 0.152. The maximum atomic E-state index is 6.34. The molecule has 0 spiro atoms.